The highest BCUT2D eigenvalue weighted by Gasteiger charge is 2.61. The number of amides is 4. The number of hydrogen-bond acceptors (Lipinski definition) is 4. The minimum absolute atomic E-state index is 0.325. The molecule has 1 unspecified atom stereocenters. The van der Waals surface area contributed by atoms with Crippen molar-refractivity contribution in [2.45, 2.75) is 38.2 Å². The SMILES string of the molecule is CCCCC1=CC(/C=C/OCc2ccccc2)C2(C(=O)N(C)C(=O)N(C)C2=O)c2ccc(F)cc21. The van der Waals surface area contributed by atoms with Crippen LogP contribution in [0.1, 0.15) is 42.9 Å². The number of carbonyl (C=O) groups is 3. The second-order valence-corrected chi connectivity index (χ2v) is 8.96. The Morgan fingerprint density at radius 1 is 1.03 bits per heavy atom. The number of unbranched alkanes of at least 4 members (excludes halogenated alkanes) is 1. The van der Waals surface area contributed by atoms with Crippen molar-refractivity contribution >= 4 is 23.4 Å². The van der Waals surface area contributed by atoms with E-state index in [1.165, 1.54) is 38.6 Å². The van der Waals surface area contributed by atoms with Crippen LogP contribution in [0.25, 0.3) is 5.57 Å². The highest BCUT2D eigenvalue weighted by Crippen LogP contribution is 2.48. The van der Waals surface area contributed by atoms with Crippen molar-refractivity contribution in [2.24, 2.45) is 5.92 Å². The third-order valence-corrected chi connectivity index (χ3v) is 6.77. The lowest BCUT2D eigenvalue weighted by atomic mass is 9.61. The third-order valence-electron chi connectivity index (χ3n) is 6.77. The molecule has 0 radical (unpaired) electrons. The molecule has 0 saturated carbocycles. The first kappa shape index (κ1) is 24.4. The fraction of sp³-hybridized carbons (Fsp3) is 0.321. The number of fused-ring (bicyclic) bond motifs is 2. The predicted octanol–water partition coefficient (Wildman–Crippen LogP) is 5.05. The molecule has 1 spiro atoms. The first-order valence-corrected chi connectivity index (χ1v) is 11.8. The lowest BCUT2D eigenvalue weighted by Gasteiger charge is -2.47. The zero-order chi connectivity index (χ0) is 25.2. The summed E-state index contributed by atoms with van der Waals surface area (Å²) < 4.78 is 20.1. The van der Waals surface area contributed by atoms with Crippen molar-refractivity contribution in [1.82, 2.24) is 9.80 Å². The number of urea groups is 1. The maximum absolute atomic E-state index is 14.4. The average molecular weight is 477 g/mol. The molecule has 0 bridgehead atoms. The first-order valence-electron chi connectivity index (χ1n) is 11.8. The van der Waals surface area contributed by atoms with Crippen LogP contribution in [0.5, 0.6) is 0 Å². The maximum atomic E-state index is 14.4. The van der Waals surface area contributed by atoms with Crippen molar-refractivity contribution in [3.05, 3.63) is 89.5 Å². The quantitative estimate of drug-likeness (QED) is 0.414. The van der Waals surface area contributed by atoms with Gasteiger partial charge >= 0.3 is 6.03 Å². The molecule has 0 aromatic heterocycles. The van der Waals surface area contributed by atoms with E-state index < -0.39 is 35.0 Å². The Kier molecular flexibility index (Phi) is 6.87. The first-order chi connectivity index (χ1) is 16.8. The number of hydrogen-bond donors (Lipinski definition) is 0. The molecule has 2 aliphatic rings. The summed E-state index contributed by atoms with van der Waals surface area (Å²) in [7, 11) is 2.73. The van der Waals surface area contributed by atoms with Crippen LogP contribution in [0.15, 0.2) is 66.9 Å². The number of nitrogens with zero attached hydrogens (tertiary/aromatic N) is 2. The standard InChI is InChI=1S/C28H29FN2O4/c1-4-5-11-20-16-21(14-15-35-18-19-9-7-6-8-10-19)28(24-13-12-22(29)17-23(20)24)25(32)30(2)27(34)31(3)26(28)33/h6-10,12-17,21H,4-5,11,18H2,1-3H3/b15-14+. The number of allylic oxidation sites excluding steroid dienone is 3. The minimum atomic E-state index is -1.73. The Labute approximate surface area is 204 Å². The lowest BCUT2D eigenvalue weighted by molar-refractivity contribution is -0.152. The van der Waals surface area contributed by atoms with Crippen LogP contribution in [0, 0.1) is 11.7 Å². The molecule has 0 N–H and O–H groups in total. The highest BCUT2D eigenvalue weighted by atomic mass is 19.1. The van der Waals surface area contributed by atoms with Gasteiger partial charge in [-0.2, -0.15) is 0 Å². The molecule has 4 amide bonds. The minimum Gasteiger partial charge on any atom is -0.497 e. The molecule has 1 saturated heterocycles. The van der Waals surface area contributed by atoms with Gasteiger partial charge in [-0.1, -0.05) is 55.8 Å². The number of benzene rings is 2. The normalized spacial score (nSPS) is 19.4. The van der Waals surface area contributed by atoms with Gasteiger partial charge in [0.1, 0.15) is 12.4 Å². The van der Waals surface area contributed by atoms with E-state index in [0.717, 1.165) is 33.8 Å². The molecule has 4 rings (SSSR count). The Morgan fingerprint density at radius 3 is 2.37 bits per heavy atom. The molecule has 1 heterocycles. The summed E-state index contributed by atoms with van der Waals surface area (Å²) >= 11 is 0. The van der Waals surface area contributed by atoms with Gasteiger partial charge in [0.15, 0.2) is 5.41 Å². The van der Waals surface area contributed by atoms with Gasteiger partial charge in [-0.3, -0.25) is 19.4 Å². The third kappa shape index (κ3) is 4.16. The maximum Gasteiger partial charge on any atom is 0.332 e. The Hall–Kier alpha value is -3.74. The van der Waals surface area contributed by atoms with E-state index in [1.807, 2.05) is 36.4 Å². The van der Waals surface area contributed by atoms with Crippen molar-refractivity contribution in [3.63, 3.8) is 0 Å². The summed E-state index contributed by atoms with van der Waals surface area (Å²) in [6, 6.07) is 13.1. The molecule has 35 heavy (non-hydrogen) atoms. The Morgan fingerprint density at radius 2 is 1.71 bits per heavy atom. The van der Waals surface area contributed by atoms with Gasteiger partial charge in [-0.05, 0) is 53.3 Å². The smallest absolute Gasteiger partial charge is 0.332 e. The van der Waals surface area contributed by atoms with Gasteiger partial charge < -0.3 is 4.74 Å². The summed E-state index contributed by atoms with van der Waals surface area (Å²) in [6.07, 6.45) is 7.52. The molecular weight excluding hydrogens is 447 g/mol. The topological polar surface area (TPSA) is 66.9 Å². The monoisotopic (exact) mass is 476 g/mol. The zero-order valence-electron chi connectivity index (χ0n) is 20.2. The van der Waals surface area contributed by atoms with Crippen LogP contribution in [0.3, 0.4) is 0 Å². The second kappa shape index (κ2) is 9.86. The zero-order valence-corrected chi connectivity index (χ0v) is 20.2. The highest BCUT2D eigenvalue weighted by molar-refractivity contribution is 6.24. The second-order valence-electron chi connectivity index (χ2n) is 8.96. The summed E-state index contributed by atoms with van der Waals surface area (Å²) in [5.74, 6) is -2.44. The van der Waals surface area contributed by atoms with Gasteiger partial charge in [-0.25, -0.2) is 9.18 Å². The molecule has 182 valence electrons. The fourth-order valence-corrected chi connectivity index (χ4v) is 4.92. The van der Waals surface area contributed by atoms with E-state index in [2.05, 4.69) is 6.92 Å². The number of ether oxygens (including phenoxy) is 1. The molecule has 2 aromatic rings. The number of halogens is 1. The average Bonchev–Trinajstić information content (AvgIpc) is 2.87. The molecule has 2 aromatic carbocycles. The number of imide groups is 2. The van der Waals surface area contributed by atoms with Crippen LogP contribution in [-0.2, 0) is 26.3 Å². The van der Waals surface area contributed by atoms with Crippen LogP contribution < -0.4 is 0 Å². The molecule has 6 nitrogen and oxygen atoms in total. The summed E-state index contributed by atoms with van der Waals surface area (Å²) in [5, 5.41) is 0. The van der Waals surface area contributed by atoms with Crippen molar-refractivity contribution < 1.29 is 23.5 Å². The van der Waals surface area contributed by atoms with Crippen LogP contribution in [-0.4, -0.2) is 41.7 Å². The molecule has 1 aliphatic heterocycles. The molecule has 1 fully saturated rings. The van der Waals surface area contributed by atoms with Crippen LogP contribution in [0.2, 0.25) is 0 Å². The summed E-state index contributed by atoms with van der Waals surface area (Å²) in [4.78, 5) is 42.0. The van der Waals surface area contributed by atoms with E-state index >= 15 is 0 Å². The molecule has 1 atom stereocenters. The number of carbonyl (C=O) groups excluding carboxylic acids is 3. The van der Waals surface area contributed by atoms with E-state index in [0.29, 0.717) is 24.2 Å². The fourth-order valence-electron chi connectivity index (χ4n) is 4.92. The van der Waals surface area contributed by atoms with E-state index in [1.54, 1.807) is 6.08 Å². The largest absolute Gasteiger partial charge is 0.497 e. The molecule has 7 heteroatoms. The van der Waals surface area contributed by atoms with Crippen molar-refractivity contribution in [3.8, 4) is 0 Å². The predicted molar refractivity (Wildman–Crippen MR) is 130 cm³/mol. The molecular formula is C28H29FN2O4. The van der Waals surface area contributed by atoms with E-state index in [-0.39, 0.29) is 0 Å². The van der Waals surface area contributed by atoms with Crippen LogP contribution >= 0.6 is 0 Å². The van der Waals surface area contributed by atoms with Gasteiger partial charge in [0.2, 0.25) is 0 Å². The Bertz CT molecular complexity index is 1180. The van der Waals surface area contributed by atoms with E-state index in [9.17, 15) is 18.8 Å². The van der Waals surface area contributed by atoms with Crippen molar-refractivity contribution in [1.29, 1.82) is 0 Å². The van der Waals surface area contributed by atoms with Crippen molar-refractivity contribution in [2.75, 3.05) is 14.1 Å². The Balaban J connectivity index is 1.82. The lowest BCUT2D eigenvalue weighted by Crippen LogP contribution is -2.68. The number of barbiturate groups is 1. The number of likely N-dealkylation sites (N-methyl/N-ethyl adjacent to an activating group) is 2. The number of rotatable bonds is 7. The summed E-state index contributed by atoms with van der Waals surface area (Å²) in [6.45, 7) is 2.39. The van der Waals surface area contributed by atoms with Gasteiger partial charge in [0, 0.05) is 20.0 Å². The van der Waals surface area contributed by atoms with Gasteiger partial charge in [0.25, 0.3) is 11.8 Å². The molecule has 1 aliphatic carbocycles. The van der Waals surface area contributed by atoms with Gasteiger partial charge in [0.05, 0.1) is 6.26 Å². The van der Waals surface area contributed by atoms with Crippen LogP contribution in [0.4, 0.5) is 9.18 Å². The van der Waals surface area contributed by atoms with Gasteiger partial charge in [-0.15, -0.1) is 0 Å². The summed E-state index contributed by atoms with van der Waals surface area (Å²) in [5.41, 5.74) is 1.05. The van der Waals surface area contributed by atoms with E-state index in [4.69, 9.17) is 4.74 Å².